The van der Waals surface area contributed by atoms with Crippen LogP contribution < -0.4 is 4.74 Å². The van der Waals surface area contributed by atoms with Crippen LogP contribution in [0, 0.1) is 13.8 Å². The van der Waals surface area contributed by atoms with E-state index in [0.717, 1.165) is 22.3 Å². The highest BCUT2D eigenvalue weighted by Gasteiger charge is 2.28. The van der Waals surface area contributed by atoms with Gasteiger partial charge in [0.05, 0.1) is 5.56 Å². The maximum Gasteiger partial charge on any atom is 0.343 e. The SMILES string of the molecule is Cc1cccc(C)c1OC(=O)c1cc(C(C)(C)C)c(O)c(C(C)(C)C)c1. The number of hydrogen-bond donors (Lipinski definition) is 1. The van der Waals surface area contributed by atoms with Crippen LogP contribution in [0.2, 0.25) is 0 Å². The lowest BCUT2D eigenvalue weighted by molar-refractivity contribution is 0.0732. The van der Waals surface area contributed by atoms with Crippen molar-refractivity contribution in [3.63, 3.8) is 0 Å². The molecule has 1 N–H and O–H groups in total. The van der Waals surface area contributed by atoms with E-state index in [0.29, 0.717) is 11.3 Å². The summed E-state index contributed by atoms with van der Waals surface area (Å²) < 4.78 is 5.72. The predicted octanol–water partition coefficient (Wildman–Crippen LogP) is 5.82. The predicted molar refractivity (Wildman–Crippen MR) is 106 cm³/mol. The van der Waals surface area contributed by atoms with Gasteiger partial charge in [-0.15, -0.1) is 0 Å². The summed E-state index contributed by atoms with van der Waals surface area (Å²) >= 11 is 0. The number of hydrogen-bond acceptors (Lipinski definition) is 3. The fraction of sp³-hybridized carbons (Fsp3) is 0.435. The minimum absolute atomic E-state index is 0.258. The molecule has 0 unspecified atom stereocenters. The first-order valence-corrected chi connectivity index (χ1v) is 8.98. The molecule has 0 aliphatic rings. The number of carbonyl (C=O) groups is 1. The van der Waals surface area contributed by atoms with Crippen LogP contribution in [0.5, 0.6) is 11.5 Å². The van der Waals surface area contributed by atoms with Gasteiger partial charge in [0.25, 0.3) is 0 Å². The van der Waals surface area contributed by atoms with E-state index >= 15 is 0 Å². The summed E-state index contributed by atoms with van der Waals surface area (Å²) in [6, 6.07) is 9.29. The smallest absolute Gasteiger partial charge is 0.343 e. The monoisotopic (exact) mass is 354 g/mol. The zero-order chi connectivity index (χ0) is 19.9. The van der Waals surface area contributed by atoms with E-state index in [1.807, 2.05) is 73.6 Å². The topological polar surface area (TPSA) is 46.5 Å². The fourth-order valence-corrected chi connectivity index (χ4v) is 3.01. The second-order valence-electron chi connectivity index (χ2n) is 9.03. The molecule has 0 radical (unpaired) electrons. The molecule has 3 heteroatoms. The van der Waals surface area contributed by atoms with Crippen molar-refractivity contribution in [3.05, 3.63) is 58.1 Å². The van der Waals surface area contributed by atoms with E-state index in [4.69, 9.17) is 4.74 Å². The van der Waals surface area contributed by atoms with Gasteiger partial charge in [-0.3, -0.25) is 0 Å². The first kappa shape index (κ1) is 20.0. The largest absolute Gasteiger partial charge is 0.507 e. The third-order valence-electron chi connectivity index (χ3n) is 4.57. The Balaban J connectivity index is 2.57. The van der Waals surface area contributed by atoms with Crippen molar-refractivity contribution in [3.8, 4) is 11.5 Å². The highest BCUT2D eigenvalue weighted by molar-refractivity contribution is 5.92. The third kappa shape index (κ3) is 4.09. The molecule has 140 valence electrons. The van der Waals surface area contributed by atoms with E-state index < -0.39 is 5.97 Å². The van der Waals surface area contributed by atoms with Gasteiger partial charge in [0.1, 0.15) is 11.5 Å². The molecule has 0 aromatic heterocycles. The van der Waals surface area contributed by atoms with Crippen molar-refractivity contribution in [2.45, 2.75) is 66.2 Å². The summed E-state index contributed by atoms with van der Waals surface area (Å²) in [7, 11) is 0. The summed E-state index contributed by atoms with van der Waals surface area (Å²) in [5, 5.41) is 10.8. The number of benzene rings is 2. The number of aryl methyl sites for hydroxylation is 2. The van der Waals surface area contributed by atoms with Gasteiger partial charge in [-0.05, 0) is 47.9 Å². The molecule has 0 atom stereocenters. The number of carbonyl (C=O) groups excluding carboxylic acids is 1. The number of aromatic hydroxyl groups is 1. The first-order valence-electron chi connectivity index (χ1n) is 8.98. The Morgan fingerprint density at radius 1 is 0.885 bits per heavy atom. The molecule has 26 heavy (non-hydrogen) atoms. The normalized spacial score (nSPS) is 12.2. The lowest BCUT2D eigenvalue weighted by atomic mass is 9.78. The Morgan fingerprint density at radius 2 is 1.31 bits per heavy atom. The Kier molecular flexibility index (Phi) is 5.23. The van der Waals surface area contributed by atoms with Crippen LogP contribution >= 0.6 is 0 Å². The molecule has 0 saturated carbocycles. The van der Waals surface area contributed by atoms with Crippen molar-refractivity contribution in [1.82, 2.24) is 0 Å². The second-order valence-corrected chi connectivity index (χ2v) is 9.03. The maximum atomic E-state index is 12.9. The average Bonchev–Trinajstić information content (AvgIpc) is 2.48. The van der Waals surface area contributed by atoms with Gasteiger partial charge < -0.3 is 9.84 Å². The first-order chi connectivity index (χ1) is 11.8. The average molecular weight is 354 g/mol. The third-order valence-corrected chi connectivity index (χ3v) is 4.57. The number of ether oxygens (including phenoxy) is 1. The number of esters is 1. The highest BCUT2D eigenvalue weighted by Crippen LogP contribution is 2.40. The molecule has 0 fully saturated rings. The number of phenols is 1. The minimum Gasteiger partial charge on any atom is -0.507 e. The second kappa shape index (κ2) is 6.79. The van der Waals surface area contributed by atoms with Gasteiger partial charge in [0.2, 0.25) is 0 Å². The lowest BCUT2D eigenvalue weighted by Gasteiger charge is -2.28. The van der Waals surface area contributed by atoms with Crippen LogP contribution in [-0.4, -0.2) is 11.1 Å². The fourth-order valence-electron chi connectivity index (χ4n) is 3.01. The minimum atomic E-state index is -0.404. The van der Waals surface area contributed by atoms with Crippen molar-refractivity contribution < 1.29 is 14.6 Å². The lowest BCUT2D eigenvalue weighted by Crippen LogP contribution is -2.20. The molecule has 0 aliphatic carbocycles. The zero-order valence-corrected chi connectivity index (χ0v) is 17.2. The molecule has 2 rings (SSSR count). The van der Waals surface area contributed by atoms with E-state index in [1.165, 1.54) is 0 Å². The van der Waals surface area contributed by atoms with Crippen molar-refractivity contribution >= 4 is 5.97 Å². The Morgan fingerprint density at radius 3 is 1.69 bits per heavy atom. The van der Waals surface area contributed by atoms with Gasteiger partial charge in [-0.2, -0.15) is 0 Å². The zero-order valence-electron chi connectivity index (χ0n) is 17.2. The van der Waals surface area contributed by atoms with Gasteiger partial charge in [-0.25, -0.2) is 4.79 Å². The summed E-state index contributed by atoms with van der Waals surface area (Å²) in [6.45, 7) is 16.0. The molecule has 0 aliphatic heterocycles. The summed E-state index contributed by atoms with van der Waals surface area (Å²) in [4.78, 5) is 12.9. The summed E-state index contributed by atoms with van der Waals surface area (Å²) in [5.74, 6) is 0.451. The van der Waals surface area contributed by atoms with Gasteiger partial charge >= 0.3 is 5.97 Å². The van der Waals surface area contributed by atoms with E-state index in [-0.39, 0.29) is 16.6 Å². The van der Waals surface area contributed by atoms with Gasteiger partial charge in [0, 0.05) is 11.1 Å². The van der Waals surface area contributed by atoms with Gasteiger partial charge in [0.15, 0.2) is 0 Å². The quantitative estimate of drug-likeness (QED) is 0.546. The van der Waals surface area contributed by atoms with Gasteiger partial charge in [-0.1, -0.05) is 59.7 Å². The van der Waals surface area contributed by atoms with Crippen LogP contribution in [0.4, 0.5) is 0 Å². The summed E-state index contributed by atoms with van der Waals surface area (Å²) in [6.07, 6.45) is 0. The van der Waals surface area contributed by atoms with Crippen LogP contribution in [0.15, 0.2) is 30.3 Å². The Labute approximate surface area is 157 Å². The number of phenolic OH excluding ortho intramolecular Hbond substituents is 1. The van der Waals surface area contributed by atoms with E-state index in [9.17, 15) is 9.90 Å². The molecule has 0 saturated heterocycles. The summed E-state index contributed by atoms with van der Waals surface area (Å²) in [5.41, 5.74) is 3.21. The molecular weight excluding hydrogens is 324 g/mol. The molecule has 2 aromatic carbocycles. The van der Waals surface area contributed by atoms with E-state index in [2.05, 4.69) is 0 Å². The number of rotatable bonds is 2. The molecule has 0 spiro atoms. The number of para-hydroxylation sites is 1. The molecule has 0 amide bonds. The molecular formula is C23H30O3. The Bertz CT molecular complexity index is 778. The van der Waals surface area contributed by atoms with E-state index in [1.54, 1.807) is 12.1 Å². The highest BCUT2D eigenvalue weighted by atomic mass is 16.5. The van der Waals surface area contributed by atoms with Crippen molar-refractivity contribution in [2.75, 3.05) is 0 Å². The van der Waals surface area contributed by atoms with Crippen molar-refractivity contribution in [1.29, 1.82) is 0 Å². The van der Waals surface area contributed by atoms with Crippen LogP contribution in [0.25, 0.3) is 0 Å². The maximum absolute atomic E-state index is 12.9. The molecule has 0 heterocycles. The van der Waals surface area contributed by atoms with Crippen molar-refractivity contribution in [2.24, 2.45) is 0 Å². The van der Waals surface area contributed by atoms with Crippen LogP contribution in [0.3, 0.4) is 0 Å². The van der Waals surface area contributed by atoms with Crippen LogP contribution in [-0.2, 0) is 10.8 Å². The Hall–Kier alpha value is -2.29. The van der Waals surface area contributed by atoms with Crippen LogP contribution in [0.1, 0.15) is 74.2 Å². The molecule has 0 bridgehead atoms. The molecule has 2 aromatic rings. The standard InChI is InChI=1S/C23H30O3/c1-14-10-9-11-15(2)20(14)26-21(25)16-12-17(22(3,4)5)19(24)18(13-16)23(6,7)8/h9-13,24H,1-8H3. The molecule has 3 nitrogen and oxygen atoms in total.